The van der Waals surface area contributed by atoms with Crippen LogP contribution in [0.25, 0.3) is 21.7 Å². The molecule has 0 aliphatic heterocycles. The molecule has 0 unspecified atom stereocenters. The number of rotatable bonds is 1. The van der Waals surface area contributed by atoms with Gasteiger partial charge in [0, 0.05) is 11.6 Å². The zero-order valence-corrected chi connectivity index (χ0v) is 10.2. The molecule has 0 aliphatic carbocycles. The van der Waals surface area contributed by atoms with Crippen LogP contribution in [0.3, 0.4) is 0 Å². The highest BCUT2D eigenvalue weighted by atomic mass is 14.6. The maximum absolute atomic E-state index is 4.47. The normalized spacial score (nSPS) is 11.2. The van der Waals surface area contributed by atoms with Gasteiger partial charge in [0.05, 0.1) is 5.52 Å². The van der Waals surface area contributed by atoms with Gasteiger partial charge in [0.2, 0.25) is 0 Å². The lowest BCUT2D eigenvalue weighted by molar-refractivity contribution is 1.15. The summed E-state index contributed by atoms with van der Waals surface area (Å²) in [7, 11) is 0. The molecule has 0 saturated heterocycles. The van der Waals surface area contributed by atoms with E-state index in [0.29, 0.717) is 0 Å². The van der Waals surface area contributed by atoms with Gasteiger partial charge >= 0.3 is 0 Å². The van der Waals surface area contributed by atoms with Crippen LogP contribution < -0.4 is 0 Å². The summed E-state index contributed by atoms with van der Waals surface area (Å²) in [6.45, 7) is 4.27. The Labute approximate surface area is 101 Å². The molecular formula is C16H15N. The minimum Gasteiger partial charge on any atom is -0.256 e. The highest BCUT2D eigenvalue weighted by Gasteiger charge is 2.00. The number of benzene rings is 2. The lowest BCUT2D eigenvalue weighted by atomic mass is 10.0. The van der Waals surface area contributed by atoms with Crippen LogP contribution in [-0.4, -0.2) is 4.98 Å². The summed E-state index contributed by atoms with van der Waals surface area (Å²) in [6, 6.07) is 13.3. The van der Waals surface area contributed by atoms with Gasteiger partial charge in [-0.3, -0.25) is 4.98 Å². The van der Waals surface area contributed by atoms with Gasteiger partial charge in [0.15, 0.2) is 0 Å². The largest absolute Gasteiger partial charge is 0.256 e. The molecule has 84 valence electrons. The molecule has 0 N–H and O–H groups in total. The molecule has 0 amide bonds. The summed E-state index contributed by atoms with van der Waals surface area (Å²) in [5, 5.41) is 3.81. The predicted molar refractivity (Wildman–Crippen MR) is 73.4 cm³/mol. The number of hydrogen-bond acceptors (Lipinski definition) is 1. The van der Waals surface area contributed by atoms with Gasteiger partial charge in [-0.1, -0.05) is 25.1 Å². The van der Waals surface area contributed by atoms with E-state index in [4.69, 9.17) is 0 Å². The number of fused-ring (bicyclic) bond motifs is 2. The van der Waals surface area contributed by atoms with Crippen LogP contribution in [0.4, 0.5) is 0 Å². The molecule has 0 fully saturated rings. The fourth-order valence-electron chi connectivity index (χ4n) is 2.25. The van der Waals surface area contributed by atoms with Crippen molar-refractivity contribution in [1.29, 1.82) is 0 Å². The van der Waals surface area contributed by atoms with Crippen molar-refractivity contribution >= 4 is 21.7 Å². The molecule has 0 atom stereocenters. The molecule has 2 aromatic carbocycles. The summed E-state index contributed by atoms with van der Waals surface area (Å²) < 4.78 is 0. The summed E-state index contributed by atoms with van der Waals surface area (Å²) in [6.07, 6.45) is 3.01. The Bertz CT molecular complexity index is 698. The average molecular weight is 221 g/mol. The number of aromatic nitrogens is 1. The second-order valence-electron chi connectivity index (χ2n) is 4.59. The first-order chi connectivity index (χ1) is 8.26. The molecule has 1 heteroatoms. The van der Waals surface area contributed by atoms with Crippen molar-refractivity contribution in [3.63, 3.8) is 0 Å². The molecular weight excluding hydrogens is 206 g/mol. The fourth-order valence-corrected chi connectivity index (χ4v) is 2.25. The van der Waals surface area contributed by atoms with E-state index in [9.17, 15) is 0 Å². The number of hydrogen-bond donors (Lipinski definition) is 0. The molecule has 1 aromatic heterocycles. The highest BCUT2D eigenvalue weighted by Crippen LogP contribution is 2.23. The second-order valence-corrected chi connectivity index (χ2v) is 4.59. The molecule has 3 rings (SSSR count). The minimum atomic E-state index is 1.08. The Balaban J connectivity index is 2.36. The van der Waals surface area contributed by atoms with E-state index in [2.05, 4.69) is 55.2 Å². The quantitative estimate of drug-likeness (QED) is 0.559. The molecule has 17 heavy (non-hydrogen) atoms. The van der Waals surface area contributed by atoms with Crippen molar-refractivity contribution in [2.75, 3.05) is 0 Å². The maximum atomic E-state index is 4.47. The Kier molecular flexibility index (Phi) is 2.32. The van der Waals surface area contributed by atoms with Crippen LogP contribution in [0.1, 0.15) is 18.1 Å². The lowest BCUT2D eigenvalue weighted by Crippen LogP contribution is -1.84. The molecule has 3 aromatic rings. The van der Waals surface area contributed by atoms with E-state index in [1.807, 2.05) is 6.20 Å². The third-order valence-corrected chi connectivity index (χ3v) is 3.25. The third kappa shape index (κ3) is 1.78. The van der Waals surface area contributed by atoms with Crippen LogP contribution in [0.5, 0.6) is 0 Å². The first-order valence-electron chi connectivity index (χ1n) is 6.05. The van der Waals surface area contributed by atoms with Gasteiger partial charge in [-0.05, 0) is 53.4 Å². The average Bonchev–Trinajstić information content (AvgIpc) is 2.35. The van der Waals surface area contributed by atoms with Gasteiger partial charge in [-0.2, -0.15) is 0 Å². The Morgan fingerprint density at radius 2 is 1.82 bits per heavy atom. The highest BCUT2D eigenvalue weighted by molar-refractivity contribution is 5.96. The summed E-state index contributed by atoms with van der Waals surface area (Å²) in [5.74, 6) is 0. The van der Waals surface area contributed by atoms with E-state index in [0.717, 1.165) is 11.9 Å². The van der Waals surface area contributed by atoms with Crippen LogP contribution in [0.2, 0.25) is 0 Å². The molecule has 0 spiro atoms. The van der Waals surface area contributed by atoms with E-state index in [1.54, 1.807) is 0 Å². The fraction of sp³-hybridized carbons (Fsp3) is 0.188. The number of nitrogens with zero attached hydrogens (tertiary/aromatic N) is 1. The molecule has 1 heterocycles. The Morgan fingerprint density at radius 3 is 2.65 bits per heavy atom. The van der Waals surface area contributed by atoms with Crippen molar-refractivity contribution in [3.05, 3.63) is 53.7 Å². The van der Waals surface area contributed by atoms with Crippen molar-refractivity contribution in [2.24, 2.45) is 0 Å². The topological polar surface area (TPSA) is 12.9 Å². The lowest BCUT2D eigenvalue weighted by Gasteiger charge is -2.04. The minimum absolute atomic E-state index is 1.08. The van der Waals surface area contributed by atoms with Crippen LogP contribution in [-0.2, 0) is 6.42 Å². The molecule has 1 nitrogen and oxygen atoms in total. The second kappa shape index (κ2) is 3.85. The van der Waals surface area contributed by atoms with E-state index in [-0.39, 0.29) is 0 Å². The van der Waals surface area contributed by atoms with Crippen LogP contribution >= 0.6 is 0 Å². The summed E-state index contributed by atoms with van der Waals surface area (Å²) in [5.41, 5.74) is 3.67. The first-order valence-corrected chi connectivity index (χ1v) is 6.05. The standard InChI is InChI=1S/C16H15N/c1-3-12-4-5-13-9-16-15(8-14(13)7-12)6-11(2)10-17-16/h4-10H,3H2,1-2H3. The van der Waals surface area contributed by atoms with Gasteiger partial charge in [-0.15, -0.1) is 0 Å². The van der Waals surface area contributed by atoms with E-state index in [1.165, 1.54) is 27.3 Å². The van der Waals surface area contributed by atoms with Gasteiger partial charge in [0.1, 0.15) is 0 Å². The van der Waals surface area contributed by atoms with Gasteiger partial charge in [-0.25, -0.2) is 0 Å². The SMILES string of the molecule is CCc1ccc2cc3ncc(C)cc3cc2c1. The first kappa shape index (κ1) is 10.3. The maximum Gasteiger partial charge on any atom is 0.0708 e. The van der Waals surface area contributed by atoms with E-state index >= 15 is 0 Å². The molecule has 0 bridgehead atoms. The molecule has 0 radical (unpaired) electrons. The van der Waals surface area contributed by atoms with Crippen LogP contribution in [0, 0.1) is 6.92 Å². The zero-order valence-electron chi connectivity index (χ0n) is 10.2. The predicted octanol–water partition coefficient (Wildman–Crippen LogP) is 4.26. The Hall–Kier alpha value is -1.89. The van der Waals surface area contributed by atoms with Crippen LogP contribution in [0.15, 0.2) is 42.6 Å². The van der Waals surface area contributed by atoms with Crippen molar-refractivity contribution in [3.8, 4) is 0 Å². The molecule has 0 saturated carbocycles. The van der Waals surface area contributed by atoms with Crippen molar-refractivity contribution in [1.82, 2.24) is 4.98 Å². The number of aryl methyl sites for hydroxylation is 2. The van der Waals surface area contributed by atoms with Crippen molar-refractivity contribution in [2.45, 2.75) is 20.3 Å². The summed E-state index contributed by atoms with van der Waals surface area (Å²) >= 11 is 0. The Morgan fingerprint density at radius 1 is 0.941 bits per heavy atom. The smallest absolute Gasteiger partial charge is 0.0708 e. The summed E-state index contributed by atoms with van der Waals surface area (Å²) in [4.78, 5) is 4.47. The van der Waals surface area contributed by atoms with Gasteiger partial charge < -0.3 is 0 Å². The third-order valence-electron chi connectivity index (χ3n) is 3.25. The van der Waals surface area contributed by atoms with Gasteiger partial charge in [0.25, 0.3) is 0 Å². The van der Waals surface area contributed by atoms with E-state index < -0.39 is 0 Å². The number of pyridine rings is 1. The zero-order chi connectivity index (χ0) is 11.8. The molecule has 0 aliphatic rings. The van der Waals surface area contributed by atoms with Crippen molar-refractivity contribution < 1.29 is 0 Å². The monoisotopic (exact) mass is 221 g/mol.